The highest BCUT2D eigenvalue weighted by Gasteiger charge is 2.41. The first-order chi connectivity index (χ1) is 25.8. The highest BCUT2D eigenvalue weighted by atomic mass is 32.1. The number of carbonyl (C=O) groups is 1. The summed E-state index contributed by atoms with van der Waals surface area (Å²) in [5.74, 6) is 0.0245. The van der Waals surface area contributed by atoms with E-state index in [1.54, 1.807) is 21.9 Å². The van der Waals surface area contributed by atoms with E-state index in [1.165, 1.54) is 15.8 Å². The number of likely N-dealkylation sites (tertiary alicyclic amines) is 2. The molecule has 0 radical (unpaired) electrons. The minimum Gasteiger partial charge on any atom is -0.392 e. The second-order valence-electron chi connectivity index (χ2n) is 14.5. The van der Waals surface area contributed by atoms with Gasteiger partial charge in [-0.15, -0.1) is 11.3 Å². The van der Waals surface area contributed by atoms with Crippen LogP contribution < -0.4 is 5.56 Å². The van der Waals surface area contributed by atoms with Crippen LogP contribution in [0.1, 0.15) is 46.9 Å². The molecule has 0 bridgehead atoms. The second kappa shape index (κ2) is 14.8. The van der Waals surface area contributed by atoms with Crippen molar-refractivity contribution < 1.29 is 15.0 Å². The van der Waals surface area contributed by atoms with E-state index >= 15 is 0 Å². The predicted octanol–water partition coefficient (Wildman–Crippen LogP) is 5.14. The van der Waals surface area contributed by atoms with Crippen LogP contribution in [0.5, 0.6) is 0 Å². The Hall–Kier alpha value is -5.01. The van der Waals surface area contributed by atoms with Crippen LogP contribution in [0.4, 0.5) is 0 Å². The molecule has 2 aromatic carbocycles. The van der Waals surface area contributed by atoms with E-state index in [-0.39, 0.29) is 36.5 Å². The Morgan fingerprint density at radius 3 is 2.43 bits per heavy atom. The van der Waals surface area contributed by atoms with Crippen molar-refractivity contribution in [3.05, 3.63) is 130 Å². The van der Waals surface area contributed by atoms with Crippen molar-refractivity contribution >= 4 is 22.8 Å². The molecule has 8 rings (SSSR count). The van der Waals surface area contributed by atoms with Crippen LogP contribution in [0.25, 0.3) is 27.3 Å². The SMILES string of the molecule is Cc1ccc(-c2ncc(CN3CC[C@@H](C(=O)N4CCC(O)(Cn5cnn6c(-c7ccc(CO)cc7)ccc6c5=O)CC4)[C@H](c4ccccc4)C3)s2)cn1. The summed E-state index contributed by atoms with van der Waals surface area (Å²) >= 11 is 1.69. The molecule has 0 spiro atoms. The fourth-order valence-corrected chi connectivity index (χ4v) is 8.76. The Balaban J connectivity index is 0.923. The number of aliphatic hydroxyl groups excluding tert-OH is 1. The number of amides is 1. The summed E-state index contributed by atoms with van der Waals surface area (Å²) in [5.41, 5.74) is 4.68. The van der Waals surface area contributed by atoms with Crippen LogP contribution in [-0.2, 0) is 24.5 Å². The Kier molecular flexibility index (Phi) is 9.78. The van der Waals surface area contributed by atoms with Gasteiger partial charge < -0.3 is 15.1 Å². The highest BCUT2D eigenvalue weighted by Crippen LogP contribution is 2.37. The molecule has 2 aliphatic rings. The van der Waals surface area contributed by atoms with Crippen LogP contribution in [0.15, 0.2) is 102 Å². The quantitative estimate of drug-likeness (QED) is 0.210. The van der Waals surface area contributed by atoms with Gasteiger partial charge in [0.1, 0.15) is 16.9 Å². The van der Waals surface area contributed by atoms with Crippen molar-refractivity contribution in [2.75, 3.05) is 26.2 Å². The van der Waals surface area contributed by atoms with Crippen LogP contribution >= 0.6 is 11.3 Å². The van der Waals surface area contributed by atoms with Gasteiger partial charge in [-0.05, 0) is 68.1 Å². The van der Waals surface area contributed by atoms with Crippen molar-refractivity contribution in [1.82, 2.24) is 33.9 Å². The van der Waals surface area contributed by atoms with Crippen molar-refractivity contribution in [2.24, 2.45) is 5.92 Å². The van der Waals surface area contributed by atoms with Crippen molar-refractivity contribution in [2.45, 2.75) is 57.4 Å². The lowest BCUT2D eigenvalue weighted by Gasteiger charge is -2.43. The molecule has 0 unspecified atom stereocenters. The van der Waals surface area contributed by atoms with Gasteiger partial charge in [-0.2, -0.15) is 5.10 Å². The number of aliphatic hydroxyl groups is 2. The molecule has 1 amide bonds. The second-order valence-corrected chi connectivity index (χ2v) is 15.6. The van der Waals surface area contributed by atoms with E-state index in [9.17, 15) is 19.8 Å². The Bertz CT molecular complexity index is 2260. The lowest BCUT2D eigenvalue weighted by Crippen LogP contribution is -2.53. The molecule has 0 aliphatic carbocycles. The Morgan fingerprint density at radius 1 is 0.925 bits per heavy atom. The molecule has 12 heteroatoms. The van der Waals surface area contributed by atoms with E-state index in [0.717, 1.165) is 64.7 Å². The minimum atomic E-state index is -1.14. The average Bonchev–Trinajstić information content (AvgIpc) is 3.85. The number of rotatable bonds is 9. The molecule has 0 saturated carbocycles. The number of piperidine rings is 2. The van der Waals surface area contributed by atoms with Gasteiger partial charge in [0.15, 0.2) is 0 Å². The molecule has 11 nitrogen and oxygen atoms in total. The Labute approximate surface area is 311 Å². The molecular formula is C41H43N7O4S. The molecule has 6 heterocycles. The normalized spacial score (nSPS) is 19.1. The van der Waals surface area contributed by atoms with Gasteiger partial charge >= 0.3 is 0 Å². The van der Waals surface area contributed by atoms with Gasteiger partial charge in [-0.1, -0.05) is 54.6 Å². The molecule has 272 valence electrons. The van der Waals surface area contributed by atoms with Gasteiger partial charge in [0.2, 0.25) is 5.91 Å². The minimum absolute atomic E-state index is 0.0374. The van der Waals surface area contributed by atoms with Crippen LogP contribution in [0.2, 0.25) is 0 Å². The number of pyridine rings is 1. The van der Waals surface area contributed by atoms with Crippen LogP contribution in [0.3, 0.4) is 0 Å². The summed E-state index contributed by atoms with van der Waals surface area (Å²) in [4.78, 5) is 42.4. The van der Waals surface area contributed by atoms with Gasteiger partial charge in [0.05, 0.1) is 24.4 Å². The first-order valence-electron chi connectivity index (χ1n) is 18.2. The number of hydrogen-bond donors (Lipinski definition) is 2. The average molecular weight is 730 g/mol. The van der Waals surface area contributed by atoms with Crippen LogP contribution in [-0.4, -0.2) is 81.8 Å². The van der Waals surface area contributed by atoms with E-state index in [0.29, 0.717) is 31.4 Å². The summed E-state index contributed by atoms with van der Waals surface area (Å²) < 4.78 is 3.10. The zero-order valence-corrected chi connectivity index (χ0v) is 30.5. The number of hydrogen-bond acceptors (Lipinski definition) is 9. The number of thiazole rings is 1. The monoisotopic (exact) mass is 729 g/mol. The highest BCUT2D eigenvalue weighted by molar-refractivity contribution is 7.15. The van der Waals surface area contributed by atoms with Crippen molar-refractivity contribution in [3.8, 4) is 21.8 Å². The fourth-order valence-electron chi connectivity index (χ4n) is 7.82. The van der Waals surface area contributed by atoms with E-state index in [1.807, 2.05) is 78.8 Å². The summed E-state index contributed by atoms with van der Waals surface area (Å²) in [6.07, 6.45) is 6.82. The fraction of sp³-hybridized carbons (Fsp3) is 0.341. The maximum absolute atomic E-state index is 14.2. The van der Waals surface area contributed by atoms with Crippen LogP contribution in [0, 0.1) is 12.8 Å². The van der Waals surface area contributed by atoms with Gasteiger partial charge in [0.25, 0.3) is 5.56 Å². The molecule has 2 fully saturated rings. The Morgan fingerprint density at radius 2 is 1.70 bits per heavy atom. The van der Waals surface area contributed by atoms with E-state index in [2.05, 4.69) is 38.2 Å². The molecule has 53 heavy (non-hydrogen) atoms. The third kappa shape index (κ3) is 7.32. The smallest absolute Gasteiger partial charge is 0.277 e. The van der Waals surface area contributed by atoms with Crippen molar-refractivity contribution in [1.29, 1.82) is 0 Å². The lowest BCUT2D eigenvalue weighted by atomic mass is 9.79. The number of aryl methyl sites for hydroxylation is 1. The first-order valence-corrected chi connectivity index (χ1v) is 19.0. The van der Waals surface area contributed by atoms with E-state index < -0.39 is 5.60 Å². The number of carbonyl (C=O) groups excluding carboxylic acids is 1. The number of fused-ring (bicyclic) bond motifs is 1. The van der Waals surface area contributed by atoms with Gasteiger partial charge in [-0.25, -0.2) is 9.50 Å². The summed E-state index contributed by atoms with van der Waals surface area (Å²) in [7, 11) is 0. The molecule has 2 N–H and O–H groups in total. The van der Waals surface area contributed by atoms with Gasteiger partial charge in [-0.3, -0.25) is 24.0 Å². The largest absolute Gasteiger partial charge is 0.392 e. The third-order valence-electron chi connectivity index (χ3n) is 10.9. The standard InChI is InChI=1S/C41H43N7O4S/c1-28-7-10-32(21-42-28)38-43-22-33(53-38)23-45-18-15-34(35(24-45)30-5-3-2-4-6-30)39(50)46-19-16-41(52,17-20-46)26-47-27-44-48-36(13-14-37(48)40(47)51)31-11-8-29(25-49)9-12-31/h2-14,21-22,27,34-35,49,52H,15-20,23-26H2,1H3/t34-,35+/m1/s1. The van der Waals surface area contributed by atoms with Gasteiger partial charge in [0, 0.05) is 72.1 Å². The zero-order chi connectivity index (χ0) is 36.5. The summed E-state index contributed by atoms with van der Waals surface area (Å²) in [6.45, 7) is 5.26. The first kappa shape index (κ1) is 35.0. The summed E-state index contributed by atoms with van der Waals surface area (Å²) in [5, 5.41) is 26.6. The maximum atomic E-state index is 14.2. The molecule has 2 saturated heterocycles. The lowest BCUT2D eigenvalue weighted by molar-refractivity contribution is -0.142. The molecule has 4 aromatic heterocycles. The van der Waals surface area contributed by atoms with Crippen molar-refractivity contribution in [3.63, 3.8) is 0 Å². The number of nitrogens with zero attached hydrogens (tertiary/aromatic N) is 7. The molecule has 2 aliphatic heterocycles. The van der Waals surface area contributed by atoms with E-state index in [4.69, 9.17) is 0 Å². The number of aromatic nitrogens is 5. The molecule has 6 aromatic rings. The predicted molar refractivity (Wildman–Crippen MR) is 204 cm³/mol. The maximum Gasteiger partial charge on any atom is 0.277 e. The summed E-state index contributed by atoms with van der Waals surface area (Å²) in [6, 6.07) is 25.5. The number of benzene rings is 2. The topological polar surface area (TPSA) is 129 Å². The molecule has 2 atom stereocenters. The zero-order valence-electron chi connectivity index (χ0n) is 29.7. The third-order valence-corrected chi connectivity index (χ3v) is 11.9. The molecular weight excluding hydrogens is 687 g/mol.